The van der Waals surface area contributed by atoms with E-state index >= 15 is 0 Å². The summed E-state index contributed by atoms with van der Waals surface area (Å²) in [6, 6.07) is 2.96. The maximum absolute atomic E-state index is 14.0. The average molecular weight is 429 g/mol. The van der Waals surface area contributed by atoms with Crippen molar-refractivity contribution in [3.8, 4) is 0 Å². The van der Waals surface area contributed by atoms with Crippen molar-refractivity contribution in [2.24, 2.45) is 0 Å². The van der Waals surface area contributed by atoms with Gasteiger partial charge in [-0.1, -0.05) is 0 Å². The van der Waals surface area contributed by atoms with Crippen LogP contribution < -0.4 is 5.32 Å². The molecule has 0 bridgehead atoms. The van der Waals surface area contributed by atoms with Crippen LogP contribution in [-0.2, 0) is 9.53 Å². The summed E-state index contributed by atoms with van der Waals surface area (Å²) < 4.78 is 46.1. The lowest BCUT2D eigenvalue weighted by molar-refractivity contribution is -0.144. The molecule has 1 aliphatic rings. The summed E-state index contributed by atoms with van der Waals surface area (Å²) >= 11 is 0. The van der Waals surface area contributed by atoms with Gasteiger partial charge in [0.05, 0.1) is 0 Å². The minimum atomic E-state index is -3.52. The predicted molar refractivity (Wildman–Crippen MR) is 103 cm³/mol. The highest BCUT2D eigenvalue weighted by molar-refractivity contribution is 5.94. The van der Waals surface area contributed by atoms with E-state index in [0.29, 0.717) is 12.5 Å². The molecule has 1 unspecified atom stereocenters. The molecule has 1 aromatic carbocycles. The molecule has 166 valence electrons. The van der Waals surface area contributed by atoms with Gasteiger partial charge >= 0.3 is 6.09 Å². The van der Waals surface area contributed by atoms with Crippen molar-refractivity contribution in [1.29, 1.82) is 0 Å². The van der Waals surface area contributed by atoms with Gasteiger partial charge in [-0.15, -0.1) is 0 Å². The van der Waals surface area contributed by atoms with E-state index in [1.54, 1.807) is 20.8 Å². The van der Waals surface area contributed by atoms with Crippen molar-refractivity contribution in [2.75, 3.05) is 26.2 Å². The van der Waals surface area contributed by atoms with Crippen LogP contribution in [0, 0.1) is 5.82 Å². The third-order valence-electron chi connectivity index (χ3n) is 4.38. The molecule has 10 heteroatoms. The summed E-state index contributed by atoms with van der Waals surface area (Å²) in [5.74, 6) is -5.28. The number of alkyl halides is 2. The summed E-state index contributed by atoms with van der Waals surface area (Å²) in [5.41, 5.74) is -0.617. The number of ether oxygens (including phenoxy) is 1. The molecule has 1 aliphatic heterocycles. The van der Waals surface area contributed by atoms with Crippen LogP contribution >= 0.6 is 0 Å². The summed E-state index contributed by atoms with van der Waals surface area (Å²) in [7, 11) is 0. The molecule has 1 heterocycles. The minimum absolute atomic E-state index is 0.0222. The van der Waals surface area contributed by atoms with Crippen LogP contribution in [0.1, 0.15) is 38.1 Å². The van der Waals surface area contributed by atoms with Crippen LogP contribution in [0.25, 0.3) is 0 Å². The lowest BCUT2D eigenvalue weighted by atomic mass is 10.1. The van der Waals surface area contributed by atoms with E-state index in [2.05, 4.69) is 0 Å². The van der Waals surface area contributed by atoms with Gasteiger partial charge < -0.3 is 19.9 Å². The van der Waals surface area contributed by atoms with E-state index in [0.717, 1.165) is 0 Å². The molecule has 7 nitrogen and oxygen atoms in total. The van der Waals surface area contributed by atoms with Crippen LogP contribution in [0.4, 0.5) is 18.0 Å². The predicted octanol–water partition coefficient (Wildman–Crippen LogP) is 2.66. The Morgan fingerprint density at radius 2 is 1.47 bits per heavy atom. The molecular weight excluding hydrogens is 403 g/mol. The second-order valence-electron chi connectivity index (χ2n) is 8.16. The maximum Gasteiger partial charge on any atom is 0.408 e. The Morgan fingerprint density at radius 3 is 1.93 bits per heavy atom. The first-order chi connectivity index (χ1) is 13.8. The Kier molecular flexibility index (Phi) is 6.99. The van der Waals surface area contributed by atoms with Crippen molar-refractivity contribution in [3.05, 3.63) is 35.6 Å². The van der Waals surface area contributed by atoms with Gasteiger partial charge in [0.1, 0.15) is 11.4 Å². The fourth-order valence-electron chi connectivity index (χ4n) is 2.92. The molecule has 1 saturated heterocycles. The first-order valence-electron chi connectivity index (χ1n) is 9.49. The lowest BCUT2D eigenvalue weighted by Crippen LogP contribution is -2.60. The molecule has 3 amide bonds. The number of carbonyl (C=O) groups excluding carboxylic acids is 3. The van der Waals surface area contributed by atoms with Crippen LogP contribution in [0.5, 0.6) is 0 Å². The molecule has 0 spiro atoms. The fraction of sp³-hybridized carbons (Fsp3) is 0.550. The Balaban J connectivity index is 2.01. The van der Waals surface area contributed by atoms with Gasteiger partial charge in [0, 0.05) is 38.7 Å². The maximum atomic E-state index is 14.0. The number of carbonyl (C=O) groups is 3. The first-order valence-corrected chi connectivity index (χ1v) is 9.49. The second kappa shape index (κ2) is 8.93. The summed E-state index contributed by atoms with van der Waals surface area (Å²) in [6.45, 7) is 5.55. The zero-order chi connectivity index (χ0) is 22.7. The number of piperazine rings is 1. The van der Waals surface area contributed by atoms with E-state index in [1.165, 1.54) is 34.1 Å². The van der Waals surface area contributed by atoms with Crippen LogP contribution in [0.2, 0.25) is 0 Å². The Morgan fingerprint density at radius 1 is 0.967 bits per heavy atom. The quantitative estimate of drug-likeness (QED) is 0.798. The van der Waals surface area contributed by atoms with Crippen molar-refractivity contribution in [3.63, 3.8) is 0 Å². The van der Waals surface area contributed by atoms with E-state index in [1.807, 2.05) is 5.32 Å². The Hall–Kier alpha value is -2.78. The number of benzene rings is 1. The summed E-state index contributed by atoms with van der Waals surface area (Å²) in [6.07, 6.45) is -1.12. The number of rotatable bonds is 4. The van der Waals surface area contributed by atoms with Crippen LogP contribution in [0.3, 0.4) is 0 Å². The fourth-order valence-corrected chi connectivity index (χ4v) is 2.92. The molecule has 2 rings (SSSR count). The van der Waals surface area contributed by atoms with E-state index < -0.39 is 35.4 Å². The molecule has 0 aromatic heterocycles. The smallest absolute Gasteiger partial charge is 0.408 e. The topological polar surface area (TPSA) is 79.0 Å². The van der Waals surface area contributed by atoms with E-state index in [4.69, 9.17) is 4.74 Å². The number of hydrogen-bond donors (Lipinski definition) is 1. The highest BCUT2D eigenvalue weighted by Gasteiger charge is 2.44. The molecule has 1 aromatic rings. The zero-order valence-corrected chi connectivity index (χ0v) is 17.4. The zero-order valence-electron chi connectivity index (χ0n) is 17.4. The highest BCUT2D eigenvalue weighted by atomic mass is 19.3. The van der Waals surface area contributed by atoms with Gasteiger partial charge in [-0.2, -0.15) is 0 Å². The molecule has 1 N–H and O–H groups in total. The lowest BCUT2D eigenvalue weighted by Gasteiger charge is -2.37. The number of nitrogens with zero attached hydrogens (tertiary/aromatic N) is 2. The third kappa shape index (κ3) is 6.36. The molecule has 0 saturated carbocycles. The van der Waals surface area contributed by atoms with Gasteiger partial charge in [-0.05, 0) is 45.0 Å². The normalized spacial score (nSPS) is 16.1. The second-order valence-corrected chi connectivity index (χ2v) is 8.16. The number of alkyl carbamates (subject to hydrolysis) is 1. The first kappa shape index (κ1) is 23.5. The third-order valence-corrected chi connectivity index (χ3v) is 4.38. The van der Waals surface area contributed by atoms with Crippen molar-refractivity contribution in [1.82, 2.24) is 15.1 Å². The minimum Gasteiger partial charge on any atom is -0.444 e. The SMILES string of the molecule is CC(C)(C)OC(=O)NC(C(=O)N1CCN(C(=O)c2ccc(F)cc2)CC1)C(C)(F)F. The monoisotopic (exact) mass is 429 g/mol. The molecule has 0 aliphatic carbocycles. The van der Waals surface area contributed by atoms with E-state index in [9.17, 15) is 27.6 Å². The van der Waals surface area contributed by atoms with Crippen LogP contribution in [-0.4, -0.2) is 71.5 Å². The van der Waals surface area contributed by atoms with Crippen LogP contribution in [0.15, 0.2) is 24.3 Å². The molecular formula is C20H26F3N3O4. The summed E-state index contributed by atoms with van der Waals surface area (Å²) in [4.78, 5) is 39.7. The van der Waals surface area contributed by atoms with Gasteiger partial charge in [0.15, 0.2) is 6.04 Å². The largest absolute Gasteiger partial charge is 0.444 e. The number of amides is 3. The molecule has 1 atom stereocenters. The van der Waals surface area contributed by atoms with Gasteiger partial charge in [0.25, 0.3) is 17.7 Å². The van der Waals surface area contributed by atoms with Crippen molar-refractivity contribution < 1.29 is 32.3 Å². The van der Waals surface area contributed by atoms with Crippen molar-refractivity contribution in [2.45, 2.75) is 45.3 Å². The highest BCUT2D eigenvalue weighted by Crippen LogP contribution is 2.21. The van der Waals surface area contributed by atoms with Crippen molar-refractivity contribution >= 4 is 17.9 Å². The average Bonchev–Trinajstić information content (AvgIpc) is 2.63. The molecule has 1 fully saturated rings. The van der Waals surface area contributed by atoms with Gasteiger partial charge in [0.2, 0.25) is 0 Å². The van der Waals surface area contributed by atoms with Gasteiger partial charge in [-0.3, -0.25) is 9.59 Å². The Bertz CT molecular complexity index is 780. The standard InChI is InChI=1S/C20H26F3N3O4/c1-19(2,3)30-18(29)24-15(20(4,22)23)17(28)26-11-9-25(10-12-26)16(27)13-5-7-14(21)8-6-13/h5-8,15H,9-12H2,1-4H3,(H,24,29). The number of hydrogen-bond acceptors (Lipinski definition) is 4. The molecule has 30 heavy (non-hydrogen) atoms. The number of nitrogens with one attached hydrogen (secondary N) is 1. The summed E-state index contributed by atoms with van der Waals surface area (Å²) in [5, 5.41) is 1.96. The Labute approximate surface area is 173 Å². The van der Waals surface area contributed by atoms with E-state index in [-0.39, 0.29) is 32.1 Å². The number of halogens is 3. The van der Waals surface area contributed by atoms with Gasteiger partial charge in [-0.25, -0.2) is 18.0 Å². The molecule has 0 radical (unpaired) electrons.